The first-order valence-corrected chi connectivity index (χ1v) is 16.8. The number of fused-ring (bicyclic) bond motifs is 4. The van der Waals surface area contributed by atoms with Crippen molar-refractivity contribution in [2.75, 3.05) is 18.5 Å². The SMILES string of the molecule is Cc1cc(=O)[nH]c2cc(NC(=O)[C@H](CCCCN)NC(=O)[C@H](Cc3ccncc3)NC(=O)OCC3c4ccccc4-c4ccccc43)ccc12. The standard InChI is InChI=1S/C39H40N6O5/c1-24-20-36(46)43-34-22-26(13-14-27(24)34)42-37(47)33(12-6-7-17-40)44-38(48)35(21-25-15-18-41-19-16-25)45-39(49)50-23-32-30-10-4-2-8-28(30)29-9-3-5-11-31(29)32/h2-5,8-11,13-16,18-20,22,32-33,35H,6-7,12,17,21,23,40H2,1H3,(H,42,47)(H,43,46)(H,44,48)(H,45,49)/t33-,35-/m0/s1. The molecule has 5 aromatic rings. The molecule has 6 rings (SSSR count). The number of hydrogen-bond acceptors (Lipinski definition) is 7. The molecule has 2 heterocycles. The van der Waals surface area contributed by atoms with Gasteiger partial charge in [0.1, 0.15) is 18.7 Å². The van der Waals surface area contributed by atoms with E-state index in [9.17, 15) is 19.2 Å². The van der Waals surface area contributed by atoms with Crippen molar-refractivity contribution in [2.45, 2.75) is 50.6 Å². The smallest absolute Gasteiger partial charge is 0.407 e. The maximum Gasteiger partial charge on any atom is 0.407 e. The molecule has 1 aliphatic rings. The number of unbranched alkanes of at least 4 members (excludes halogenated alkanes) is 1. The van der Waals surface area contributed by atoms with Gasteiger partial charge in [0.25, 0.3) is 0 Å². The van der Waals surface area contributed by atoms with Gasteiger partial charge in [0, 0.05) is 41.9 Å². The number of pyridine rings is 2. The minimum absolute atomic E-state index is 0.0874. The average Bonchev–Trinajstić information content (AvgIpc) is 3.43. The molecular weight excluding hydrogens is 632 g/mol. The Balaban J connectivity index is 1.17. The number of H-pyrrole nitrogens is 1. The van der Waals surface area contributed by atoms with Gasteiger partial charge in [-0.3, -0.25) is 19.4 Å². The first-order chi connectivity index (χ1) is 24.3. The zero-order valence-corrected chi connectivity index (χ0v) is 27.8. The number of nitrogens with zero attached hydrogens (tertiary/aromatic N) is 1. The zero-order valence-electron chi connectivity index (χ0n) is 27.8. The van der Waals surface area contributed by atoms with Crippen LogP contribution in [0.1, 0.15) is 47.4 Å². The Morgan fingerprint density at radius 2 is 1.56 bits per heavy atom. The Morgan fingerprint density at radius 1 is 0.860 bits per heavy atom. The lowest BCUT2D eigenvalue weighted by molar-refractivity contribution is -0.128. The number of nitrogens with two attached hydrogens (primary N) is 1. The topological polar surface area (TPSA) is 168 Å². The van der Waals surface area contributed by atoms with Gasteiger partial charge in [0.2, 0.25) is 17.4 Å². The normalized spacial score (nSPS) is 13.2. The van der Waals surface area contributed by atoms with Crippen molar-refractivity contribution in [3.05, 3.63) is 130 Å². The van der Waals surface area contributed by atoms with Gasteiger partial charge in [-0.2, -0.15) is 0 Å². The summed E-state index contributed by atoms with van der Waals surface area (Å²) in [6.07, 6.45) is 4.20. The van der Waals surface area contributed by atoms with Gasteiger partial charge in [0.05, 0.1) is 5.52 Å². The number of aromatic amines is 1. The van der Waals surface area contributed by atoms with Crippen LogP contribution in [0.4, 0.5) is 10.5 Å². The summed E-state index contributed by atoms with van der Waals surface area (Å²) in [5, 5.41) is 9.35. The van der Waals surface area contributed by atoms with Gasteiger partial charge in [0.15, 0.2) is 0 Å². The molecule has 3 aromatic carbocycles. The number of carbonyl (C=O) groups is 3. The van der Waals surface area contributed by atoms with Crippen LogP contribution in [-0.2, 0) is 20.7 Å². The molecule has 1 aliphatic carbocycles. The quantitative estimate of drug-likeness (QED) is 0.111. The highest BCUT2D eigenvalue weighted by molar-refractivity contribution is 5.99. The molecule has 50 heavy (non-hydrogen) atoms. The van der Waals surface area contributed by atoms with Crippen LogP contribution in [-0.4, -0.2) is 53.1 Å². The fraction of sp³-hybridized carbons (Fsp3) is 0.256. The molecule has 3 amide bonds. The van der Waals surface area contributed by atoms with Crippen LogP contribution in [0, 0.1) is 6.92 Å². The van der Waals surface area contributed by atoms with E-state index in [-0.39, 0.29) is 24.5 Å². The second-order valence-electron chi connectivity index (χ2n) is 12.5. The van der Waals surface area contributed by atoms with Gasteiger partial charge in [-0.1, -0.05) is 54.6 Å². The summed E-state index contributed by atoms with van der Waals surface area (Å²) in [6.45, 7) is 2.37. The number of nitrogens with one attached hydrogen (secondary N) is 4. The van der Waals surface area contributed by atoms with Crippen LogP contribution < -0.4 is 27.2 Å². The molecule has 256 valence electrons. The molecule has 11 nitrogen and oxygen atoms in total. The Labute approximate surface area is 289 Å². The molecule has 0 bridgehead atoms. The highest BCUT2D eigenvalue weighted by Crippen LogP contribution is 2.44. The summed E-state index contributed by atoms with van der Waals surface area (Å²) >= 11 is 0. The number of alkyl carbamates (subject to hydrolysis) is 1. The molecular formula is C39H40N6O5. The minimum Gasteiger partial charge on any atom is -0.449 e. The van der Waals surface area contributed by atoms with E-state index in [1.165, 1.54) is 6.07 Å². The molecule has 0 unspecified atom stereocenters. The summed E-state index contributed by atoms with van der Waals surface area (Å²) in [5.41, 5.74) is 12.5. The maximum absolute atomic E-state index is 13.9. The predicted molar refractivity (Wildman–Crippen MR) is 193 cm³/mol. The molecule has 6 N–H and O–H groups in total. The number of rotatable bonds is 13. The van der Waals surface area contributed by atoms with Crippen molar-refractivity contribution in [3.63, 3.8) is 0 Å². The Hall–Kier alpha value is -5.81. The van der Waals surface area contributed by atoms with Crippen molar-refractivity contribution < 1.29 is 19.1 Å². The van der Waals surface area contributed by atoms with Gasteiger partial charge in [-0.25, -0.2) is 4.79 Å². The lowest BCUT2D eigenvalue weighted by Gasteiger charge is -2.24. The maximum atomic E-state index is 13.9. The lowest BCUT2D eigenvalue weighted by atomic mass is 9.98. The third kappa shape index (κ3) is 7.90. The first-order valence-electron chi connectivity index (χ1n) is 16.8. The second kappa shape index (κ2) is 15.6. The average molecular weight is 673 g/mol. The van der Waals surface area contributed by atoms with E-state index < -0.39 is 30.0 Å². The van der Waals surface area contributed by atoms with Crippen molar-refractivity contribution >= 4 is 34.5 Å². The van der Waals surface area contributed by atoms with E-state index in [0.717, 1.165) is 38.8 Å². The predicted octanol–water partition coefficient (Wildman–Crippen LogP) is 4.93. The van der Waals surface area contributed by atoms with Crippen LogP contribution in [0.25, 0.3) is 22.0 Å². The number of aryl methyl sites for hydroxylation is 1. The van der Waals surface area contributed by atoms with E-state index >= 15 is 0 Å². The summed E-state index contributed by atoms with van der Waals surface area (Å²) in [4.78, 5) is 59.7. The van der Waals surface area contributed by atoms with Crippen molar-refractivity contribution in [1.82, 2.24) is 20.6 Å². The summed E-state index contributed by atoms with van der Waals surface area (Å²) in [6, 6.07) is 24.4. The van der Waals surface area contributed by atoms with Crippen LogP contribution in [0.3, 0.4) is 0 Å². The fourth-order valence-electron chi connectivity index (χ4n) is 6.52. The van der Waals surface area contributed by atoms with E-state index in [0.29, 0.717) is 37.0 Å². The molecule has 11 heteroatoms. The minimum atomic E-state index is -1.05. The number of anilines is 1. The van der Waals surface area contributed by atoms with Crippen LogP contribution in [0.15, 0.2) is 102 Å². The Morgan fingerprint density at radius 3 is 2.26 bits per heavy atom. The van der Waals surface area contributed by atoms with Crippen LogP contribution in [0.2, 0.25) is 0 Å². The summed E-state index contributed by atoms with van der Waals surface area (Å²) in [7, 11) is 0. The molecule has 0 spiro atoms. The molecule has 0 saturated carbocycles. The molecule has 0 fully saturated rings. The Kier molecular flexibility index (Phi) is 10.6. The number of carbonyl (C=O) groups excluding carboxylic acids is 3. The zero-order chi connectivity index (χ0) is 35.0. The second-order valence-corrected chi connectivity index (χ2v) is 12.5. The van der Waals surface area contributed by atoms with E-state index in [1.54, 1.807) is 36.7 Å². The highest BCUT2D eigenvalue weighted by Gasteiger charge is 2.31. The number of amides is 3. The van der Waals surface area contributed by atoms with Gasteiger partial charge >= 0.3 is 6.09 Å². The fourth-order valence-corrected chi connectivity index (χ4v) is 6.52. The monoisotopic (exact) mass is 672 g/mol. The third-order valence-electron chi connectivity index (χ3n) is 9.04. The van der Waals surface area contributed by atoms with E-state index in [2.05, 4.69) is 38.1 Å². The van der Waals surface area contributed by atoms with Crippen molar-refractivity contribution in [3.8, 4) is 11.1 Å². The number of ether oxygens (including phenoxy) is 1. The molecule has 0 saturated heterocycles. The van der Waals surface area contributed by atoms with Gasteiger partial charge in [-0.15, -0.1) is 0 Å². The summed E-state index contributed by atoms with van der Waals surface area (Å²) < 4.78 is 5.76. The van der Waals surface area contributed by atoms with Gasteiger partial charge in [-0.05, 0) is 90.4 Å². The van der Waals surface area contributed by atoms with E-state index in [4.69, 9.17) is 10.5 Å². The number of aromatic nitrogens is 2. The number of benzene rings is 3. The number of hydrogen-bond donors (Lipinski definition) is 5. The van der Waals surface area contributed by atoms with Gasteiger partial charge < -0.3 is 31.4 Å². The Bertz CT molecular complexity index is 2020. The molecule has 0 radical (unpaired) electrons. The molecule has 2 atom stereocenters. The lowest BCUT2D eigenvalue weighted by Crippen LogP contribution is -2.53. The van der Waals surface area contributed by atoms with Crippen LogP contribution in [0.5, 0.6) is 0 Å². The largest absolute Gasteiger partial charge is 0.449 e. The molecule has 0 aliphatic heterocycles. The van der Waals surface area contributed by atoms with Crippen molar-refractivity contribution in [1.29, 1.82) is 0 Å². The summed E-state index contributed by atoms with van der Waals surface area (Å²) in [5.74, 6) is -1.12. The van der Waals surface area contributed by atoms with Crippen LogP contribution >= 0.6 is 0 Å². The highest BCUT2D eigenvalue weighted by atomic mass is 16.5. The first kappa shape index (κ1) is 34.1. The van der Waals surface area contributed by atoms with E-state index in [1.807, 2.05) is 49.4 Å². The molecule has 2 aromatic heterocycles. The van der Waals surface area contributed by atoms with Crippen molar-refractivity contribution in [2.24, 2.45) is 5.73 Å². The third-order valence-corrected chi connectivity index (χ3v) is 9.04.